The van der Waals surface area contributed by atoms with Crippen LogP contribution in [0.5, 0.6) is 0 Å². The van der Waals surface area contributed by atoms with E-state index in [4.69, 9.17) is 0 Å². The number of carbonyl (C=O) groups is 1. The summed E-state index contributed by atoms with van der Waals surface area (Å²) in [5.41, 5.74) is 2.36. The molecule has 0 spiro atoms. The number of nitrogens with zero attached hydrogens (tertiary/aromatic N) is 1. The number of fused-ring (bicyclic) bond motifs is 1. The third-order valence-corrected chi connectivity index (χ3v) is 3.33. The monoisotopic (exact) mass is 216 g/mol. The van der Waals surface area contributed by atoms with Gasteiger partial charge in [0.05, 0.1) is 0 Å². The lowest BCUT2D eigenvalue weighted by Crippen LogP contribution is -2.44. The van der Waals surface area contributed by atoms with Gasteiger partial charge in [-0.25, -0.2) is 4.79 Å². The first kappa shape index (κ1) is 9.70. The van der Waals surface area contributed by atoms with Gasteiger partial charge in [-0.2, -0.15) is 0 Å². The maximum atomic E-state index is 12.1. The Hall–Kier alpha value is -1.51. The van der Waals surface area contributed by atoms with Crippen LogP contribution in [0.25, 0.3) is 0 Å². The van der Waals surface area contributed by atoms with Crippen LogP contribution in [0.3, 0.4) is 0 Å². The van der Waals surface area contributed by atoms with Gasteiger partial charge in [-0.3, -0.25) is 4.90 Å². The first-order chi connectivity index (χ1) is 7.75. The van der Waals surface area contributed by atoms with Crippen molar-refractivity contribution in [3.63, 3.8) is 0 Å². The van der Waals surface area contributed by atoms with Crippen LogP contribution < -0.4 is 10.2 Å². The van der Waals surface area contributed by atoms with Gasteiger partial charge in [0.15, 0.2) is 0 Å². The molecule has 2 aliphatic rings. The third kappa shape index (κ3) is 1.56. The number of nitrogens with one attached hydrogen (secondary N) is 1. The Morgan fingerprint density at radius 3 is 2.88 bits per heavy atom. The first-order valence-electron chi connectivity index (χ1n) is 5.93. The molecule has 1 fully saturated rings. The van der Waals surface area contributed by atoms with E-state index in [0.717, 1.165) is 24.9 Å². The average Bonchev–Trinajstić information content (AvgIpc) is 2.98. The summed E-state index contributed by atoms with van der Waals surface area (Å²) in [5.74, 6) is 0. The number of hydrogen-bond acceptors (Lipinski definition) is 1. The molecule has 1 unspecified atom stereocenters. The summed E-state index contributed by atoms with van der Waals surface area (Å²) >= 11 is 0. The van der Waals surface area contributed by atoms with Crippen LogP contribution in [0.1, 0.15) is 25.3 Å². The Bertz CT molecular complexity index is 426. The Balaban J connectivity index is 1.85. The van der Waals surface area contributed by atoms with E-state index >= 15 is 0 Å². The van der Waals surface area contributed by atoms with Gasteiger partial charge in [0, 0.05) is 17.8 Å². The smallest absolute Gasteiger partial charge is 0.322 e. The number of para-hydroxylation sites is 1. The number of hydrogen-bond donors (Lipinski definition) is 1. The zero-order valence-corrected chi connectivity index (χ0v) is 9.44. The summed E-state index contributed by atoms with van der Waals surface area (Å²) in [5, 5.41) is 3.05. The van der Waals surface area contributed by atoms with Crippen LogP contribution in [0.15, 0.2) is 24.3 Å². The van der Waals surface area contributed by atoms with Crippen molar-refractivity contribution in [1.29, 1.82) is 0 Å². The van der Waals surface area contributed by atoms with E-state index in [-0.39, 0.29) is 12.1 Å². The quantitative estimate of drug-likeness (QED) is 0.767. The molecule has 0 saturated heterocycles. The topological polar surface area (TPSA) is 32.3 Å². The molecule has 3 heteroatoms. The van der Waals surface area contributed by atoms with Crippen molar-refractivity contribution in [1.82, 2.24) is 5.32 Å². The minimum absolute atomic E-state index is 0.0694. The lowest BCUT2D eigenvalue weighted by molar-refractivity contribution is 0.244. The van der Waals surface area contributed by atoms with Gasteiger partial charge in [-0.15, -0.1) is 0 Å². The first-order valence-corrected chi connectivity index (χ1v) is 5.93. The van der Waals surface area contributed by atoms with E-state index in [2.05, 4.69) is 18.3 Å². The predicted octanol–water partition coefficient (Wildman–Crippen LogP) is 2.31. The van der Waals surface area contributed by atoms with Gasteiger partial charge >= 0.3 is 6.03 Å². The Morgan fingerprint density at radius 1 is 1.38 bits per heavy atom. The zero-order chi connectivity index (χ0) is 11.1. The SMILES string of the molecule is CC1Cc2ccccc2N1C(=O)NC1CC1. The van der Waals surface area contributed by atoms with Crippen molar-refractivity contribution in [2.24, 2.45) is 0 Å². The Morgan fingerprint density at radius 2 is 2.12 bits per heavy atom. The minimum atomic E-state index is 0.0694. The third-order valence-electron chi connectivity index (χ3n) is 3.33. The summed E-state index contributed by atoms with van der Waals surface area (Å²) in [6, 6.07) is 8.94. The summed E-state index contributed by atoms with van der Waals surface area (Å²) in [6.07, 6.45) is 3.24. The summed E-state index contributed by atoms with van der Waals surface area (Å²) < 4.78 is 0. The second kappa shape index (κ2) is 3.51. The molecule has 0 aromatic heterocycles. The molecule has 1 aromatic carbocycles. The summed E-state index contributed by atoms with van der Waals surface area (Å²) in [7, 11) is 0. The van der Waals surface area contributed by atoms with Crippen molar-refractivity contribution < 1.29 is 4.79 Å². The normalized spacial score (nSPS) is 23.1. The van der Waals surface area contributed by atoms with Crippen molar-refractivity contribution in [2.45, 2.75) is 38.3 Å². The lowest BCUT2D eigenvalue weighted by Gasteiger charge is -2.23. The minimum Gasteiger partial charge on any atom is -0.335 e. The fourth-order valence-electron chi connectivity index (χ4n) is 2.35. The molecule has 0 bridgehead atoms. The molecule has 1 aliphatic heterocycles. The van der Waals surface area contributed by atoms with E-state index in [1.165, 1.54) is 5.56 Å². The van der Waals surface area contributed by atoms with Gasteiger partial charge < -0.3 is 5.32 Å². The predicted molar refractivity (Wildman–Crippen MR) is 63.6 cm³/mol. The number of carbonyl (C=O) groups excluding carboxylic acids is 1. The van der Waals surface area contributed by atoms with Gasteiger partial charge in [0.2, 0.25) is 0 Å². The fourth-order valence-corrected chi connectivity index (χ4v) is 2.35. The van der Waals surface area contributed by atoms with E-state index in [0.29, 0.717) is 6.04 Å². The number of urea groups is 1. The van der Waals surface area contributed by atoms with Crippen molar-refractivity contribution in [3.05, 3.63) is 29.8 Å². The van der Waals surface area contributed by atoms with E-state index < -0.39 is 0 Å². The van der Waals surface area contributed by atoms with Crippen LogP contribution in [0.4, 0.5) is 10.5 Å². The van der Waals surface area contributed by atoms with Crippen LogP contribution >= 0.6 is 0 Å². The zero-order valence-electron chi connectivity index (χ0n) is 9.44. The standard InChI is InChI=1S/C13H16N2O/c1-9-8-10-4-2-3-5-12(10)15(9)13(16)14-11-6-7-11/h2-5,9,11H,6-8H2,1H3,(H,14,16). The Kier molecular flexibility index (Phi) is 2.13. The number of benzene rings is 1. The average molecular weight is 216 g/mol. The van der Waals surface area contributed by atoms with E-state index in [1.807, 2.05) is 23.1 Å². The largest absolute Gasteiger partial charge is 0.335 e. The molecule has 1 atom stereocenters. The molecular weight excluding hydrogens is 200 g/mol. The molecular formula is C13H16N2O. The number of rotatable bonds is 1. The van der Waals surface area contributed by atoms with Crippen molar-refractivity contribution in [3.8, 4) is 0 Å². The number of anilines is 1. The fraction of sp³-hybridized carbons (Fsp3) is 0.462. The Labute approximate surface area is 95.4 Å². The molecule has 2 amide bonds. The molecule has 1 aliphatic carbocycles. The van der Waals surface area contributed by atoms with Crippen molar-refractivity contribution in [2.75, 3.05) is 4.90 Å². The van der Waals surface area contributed by atoms with Crippen LogP contribution in [0, 0.1) is 0 Å². The molecule has 1 N–H and O–H groups in total. The van der Waals surface area contributed by atoms with Crippen LogP contribution in [-0.2, 0) is 6.42 Å². The second-order valence-corrected chi connectivity index (χ2v) is 4.78. The van der Waals surface area contributed by atoms with Gasteiger partial charge in [0.25, 0.3) is 0 Å². The molecule has 3 nitrogen and oxygen atoms in total. The molecule has 1 saturated carbocycles. The van der Waals surface area contributed by atoms with Crippen LogP contribution in [-0.4, -0.2) is 18.1 Å². The number of amides is 2. The van der Waals surface area contributed by atoms with Gasteiger partial charge in [0.1, 0.15) is 0 Å². The lowest BCUT2D eigenvalue weighted by atomic mass is 10.1. The van der Waals surface area contributed by atoms with Gasteiger partial charge in [-0.05, 0) is 37.8 Å². The maximum Gasteiger partial charge on any atom is 0.322 e. The highest BCUT2D eigenvalue weighted by Gasteiger charge is 2.33. The molecule has 84 valence electrons. The van der Waals surface area contributed by atoms with Crippen LogP contribution in [0.2, 0.25) is 0 Å². The highest BCUT2D eigenvalue weighted by atomic mass is 16.2. The van der Waals surface area contributed by atoms with Crippen molar-refractivity contribution >= 4 is 11.7 Å². The highest BCUT2D eigenvalue weighted by molar-refractivity contribution is 5.95. The highest BCUT2D eigenvalue weighted by Crippen LogP contribution is 2.32. The molecule has 3 rings (SSSR count). The maximum absolute atomic E-state index is 12.1. The second-order valence-electron chi connectivity index (χ2n) is 4.78. The molecule has 1 heterocycles. The molecule has 0 radical (unpaired) electrons. The van der Waals surface area contributed by atoms with E-state index in [1.54, 1.807) is 0 Å². The molecule has 16 heavy (non-hydrogen) atoms. The molecule has 1 aromatic rings. The van der Waals surface area contributed by atoms with E-state index in [9.17, 15) is 4.79 Å². The van der Waals surface area contributed by atoms with Gasteiger partial charge in [-0.1, -0.05) is 18.2 Å². The summed E-state index contributed by atoms with van der Waals surface area (Å²) in [4.78, 5) is 14.0. The summed E-state index contributed by atoms with van der Waals surface area (Å²) in [6.45, 7) is 2.10.